The summed E-state index contributed by atoms with van der Waals surface area (Å²) < 4.78 is 5.82. The van der Waals surface area contributed by atoms with E-state index in [2.05, 4.69) is 17.5 Å². The summed E-state index contributed by atoms with van der Waals surface area (Å²) >= 11 is 0. The van der Waals surface area contributed by atoms with Crippen LogP contribution in [0.4, 0.5) is 0 Å². The van der Waals surface area contributed by atoms with Crippen LogP contribution in [0, 0.1) is 28.6 Å². The number of nitriles is 2. The minimum Gasteiger partial charge on any atom is -0.493 e. The Morgan fingerprint density at radius 1 is 1.23 bits per heavy atom. The molecule has 0 spiro atoms. The van der Waals surface area contributed by atoms with Gasteiger partial charge in [0.15, 0.2) is 0 Å². The molecule has 1 saturated carbocycles. The van der Waals surface area contributed by atoms with Gasteiger partial charge in [0, 0.05) is 12.6 Å². The number of rotatable bonds is 6. The topological polar surface area (TPSA) is 89.2 Å². The predicted molar refractivity (Wildman–Crippen MR) is 96.1 cm³/mol. The minimum absolute atomic E-state index is 0.0336. The van der Waals surface area contributed by atoms with Gasteiger partial charge in [-0.3, -0.25) is 4.79 Å². The largest absolute Gasteiger partial charge is 0.493 e. The highest BCUT2D eigenvalue weighted by atomic mass is 16.5. The summed E-state index contributed by atoms with van der Waals surface area (Å²) in [6.07, 6.45) is 4.82. The molecule has 6 nitrogen and oxygen atoms in total. The van der Waals surface area contributed by atoms with Crippen molar-refractivity contribution in [2.24, 2.45) is 5.92 Å². The Morgan fingerprint density at radius 3 is 2.77 bits per heavy atom. The van der Waals surface area contributed by atoms with E-state index in [0.29, 0.717) is 37.2 Å². The number of nitrogens with one attached hydrogen (secondary N) is 1. The zero-order valence-corrected chi connectivity index (χ0v) is 14.9. The van der Waals surface area contributed by atoms with Crippen molar-refractivity contribution < 1.29 is 9.53 Å². The molecule has 3 rings (SSSR count). The van der Waals surface area contributed by atoms with Crippen LogP contribution in [0.5, 0.6) is 5.75 Å². The number of ether oxygens (including phenoxy) is 1. The summed E-state index contributed by atoms with van der Waals surface area (Å²) in [6, 6.07) is 11.5. The van der Waals surface area contributed by atoms with Gasteiger partial charge in [0.25, 0.3) is 0 Å². The van der Waals surface area contributed by atoms with Gasteiger partial charge >= 0.3 is 0 Å². The number of amides is 1. The number of carbonyl (C=O) groups excluding carboxylic acids is 1. The van der Waals surface area contributed by atoms with Crippen LogP contribution in [0.3, 0.4) is 0 Å². The SMILES string of the molecule is N#Cc1ccc(OCC2CCC(NCC(=O)N3CCCC3C#N)C2)cc1. The maximum atomic E-state index is 12.3. The van der Waals surface area contributed by atoms with Gasteiger partial charge in [-0.1, -0.05) is 0 Å². The van der Waals surface area contributed by atoms with Crippen LogP contribution in [-0.4, -0.2) is 42.6 Å². The first-order valence-electron chi connectivity index (χ1n) is 9.25. The highest BCUT2D eigenvalue weighted by Gasteiger charge is 2.30. The van der Waals surface area contributed by atoms with Crippen LogP contribution >= 0.6 is 0 Å². The van der Waals surface area contributed by atoms with Crippen LogP contribution in [0.2, 0.25) is 0 Å². The number of hydrogen-bond donors (Lipinski definition) is 1. The number of carbonyl (C=O) groups is 1. The van der Waals surface area contributed by atoms with Crippen LogP contribution in [-0.2, 0) is 4.79 Å². The van der Waals surface area contributed by atoms with Gasteiger partial charge in [-0.05, 0) is 62.3 Å². The maximum Gasteiger partial charge on any atom is 0.237 e. The Bertz CT molecular complexity index is 704. The summed E-state index contributed by atoms with van der Waals surface area (Å²) in [5, 5.41) is 21.2. The zero-order valence-electron chi connectivity index (χ0n) is 14.9. The normalized spacial score (nSPS) is 24.8. The second kappa shape index (κ2) is 8.69. The van der Waals surface area contributed by atoms with Gasteiger partial charge in [0.05, 0.1) is 30.9 Å². The maximum absolute atomic E-state index is 12.3. The van der Waals surface area contributed by atoms with E-state index in [1.54, 1.807) is 17.0 Å². The zero-order chi connectivity index (χ0) is 18.4. The van der Waals surface area contributed by atoms with Crippen LogP contribution < -0.4 is 10.1 Å². The molecule has 1 amide bonds. The minimum atomic E-state index is -0.249. The number of nitrogens with zero attached hydrogens (tertiary/aromatic N) is 3. The molecule has 0 bridgehead atoms. The van der Waals surface area contributed by atoms with Crippen molar-refractivity contribution >= 4 is 5.91 Å². The highest BCUT2D eigenvalue weighted by Crippen LogP contribution is 2.26. The molecule has 0 aromatic heterocycles. The predicted octanol–water partition coefficient (Wildman–Crippen LogP) is 2.21. The summed E-state index contributed by atoms with van der Waals surface area (Å²) in [5.41, 5.74) is 0.629. The van der Waals surface area contributed by atoms with Crippen molar-refractivity contribution in [1.29, 1.82) is 10.5 Å². The van der Waals surface area contributed by atoms with E-state index in [0.717, 1.165) is 37.9 Å². The number of benzene rings is 1. The molecular weight excluding hydrogens is 328 g/mol. The Morgan fingerprint density at radius 2 is 2.04 bits per heavy atom. The fourth-order valence-electron chi connectivity index (χ4n) is 3.78. The van der Waals surface area contributed by atoms with E-state index in [1.165, 1.54) is 0 Å². The third-order valence-corrected chi connectivity index (χ3v) is 5.27. The van der Waals surface area contributed by atoms with Gasteiger partial charge < -0.3 is 15.0 Å². The monoisotopic (exact) mass is 352 g/mol. The van der Waals surface area contributed by atoms with Crippen LogP contribution in [0.15, 0.2) is 24.3 Å². The first-order valence-corrected chi connectivity index (χ1v) is 9.25. The Kier molecular flexibility index (Phi) is 6.09. The average Bonchev–Trinajstić information content (AvgIpc) is 3.34. The first kappa shape index (κ1) is 18.2. The standard InChI is InChI=1S/C20H24N4O2/c21-11-15-4-7-19(8-5-15)26-14-16-3-6-17(10-16)23-13-20(25)24-9-1-2-18(24)12-22/h4-5,7-8,16-18,23H,1-3,6,9-10,13-14H2. The lowest BCUT2D eigenvalue weighted by molar-refractivity contribution is -0.130. The van der Waals surface area contributed by atoms with Crippen molar-refractivity contribution in [1.82, 2.24) is 10.2 Å². The molecule has 2 aliphatic rings. The summed E-state index contributed by atoms with van der Waals surface area (Å²) in [5.74, 6) is 1.29. The van der Waals surface area contributed by atoms with E-state index in [-0.39, 0.29) is 11.9 Å². The Balaban J connectivity index is 1.38. The molecule has 3 atom stereocenters. The number of likely N-dealkylation sites (tertiary alicyclic amines) is 1. The van der Waals surface area contributed by atoms with Gasteiger partial charge in [-0.15, -0.1) is 0 Å². The van der Waals surface area contributed by atoms with Crippen LogP contribution in [0.25, 0.3) is 0 Å². The molecule has 1 heterocycles. The molecule has 26 heavy (non-hydrogen) atoms. The molecule has 6 heteroatoms. The van der Waals surface area contributed by atoms with E-state index >= 15 is 0 Å². The summed E-state index contributed by atoms with van der Waals surface area (Å²) in [4.78, 5) is 14.0. The molecule has 1 aromatic carbocycles. The van der Waals surface area contributed by atoms with Crippen molar-refractivity contribution in [3.8, 4) is 17.9 Å². The molecule has 0 radical (unpaired) electrons. The first-order chi connectivity index (χ1) is 12.7. The quantitative estimate of drug-likeness (QED) is 0.848. The van der Waals surface area contributed by atoms with E-state index < -0.39 is 0 Å². The average molecular weight is 352 g/mol. The van der Waals surface area contributed by atoms with Gasteiger partial charge in [-0.25, -0.2) is 0 Å². The van der Waals surface area contributed by atoms with Gasteiger partial charge in [0.2, 0.25) is 5.91 Å². The molecular formula is C20H24N4O2. The van der Waals surface area contributed by atoms with Crippen molar-refractivity contribution in [2.45, 2.75) is 44.2 Å². The molecule has 1 saturated heterocycles. The lowest BCUT2D eigenvalue weighted by Gasteiger charge is -2.21. The second-order valence-corrected chi connectivity index (χ2v) is 7.08. The smallest absolute Gasteiger partial charge is 0.237 e. The molecule has 1 N–H and O–H groups in total. The fourth-order valence-corrected chi connectivity index (χ4v) is 3.78. The van der Waals surface area contributed by atoms with Gasteiger partial charge in [-0.2, -0.15) is 10.5 Å². The van der Waals surface area contributed by atoms with Crippen molar-refractivity contribution in [3.05, 3.63) is 29.8 Å². The molecule has 1 aliphatic heterocycles. The Labute approximate surface area is 154 Å². The molecule has 1 aromatic rings. The van der Waals surface area contributed by atoms with Gasteiger partial charge in [0.1, 0.15) is 11.8 Å². The van der Waals surface area contributed by atoms with E-state index in [1.807, 2.05) is 12.1 Å². The third-order valence-electron chi connectivity index (χ3n) is 5.27. The lowest BCUT2D eigenvalue weighted by Crippen LogP contribution is -2.42. The third kappa shape index (κ3) is 4.53. The lowest BCUT2D eigenvalue weighted by atomic mass is 10.1. The van der Waals surface area contributed by atoms with Crippen molar-refractivity contribution in [3.63, 3.8) is 0 Å². The molecule has 1 aliphatic carbocycles. The Hall–Kier alpha value is -2.57. The van der Waals surface area contributed by atoms with E-state index in [4.69, 9.17) is 15.3 Å². The fraction of sp³-hybridized carbons (Fsp3) is 0.550. The van der Waals surface area contributed by atoms with E-state index in [9.17, 15) is 4.79 Å². The number of hydrogen-bond acceptors (Lipinski definition) is 5. The molecule has 2 fully saturated rings. The van der Waals surface area contributed by atoms with Crippen molar-refractivity contribution in [2.75, 3.05) is 19.7 Å². The summed E-state index contributed by atoms with van der Waals surface area (Å²) in [6.45, 7) is 1.66. The highest BCUT2D eigenvalue weighted by molar-refractivity contribution is 5.79. The second-order valence-electron chi connectivity index (χ2n) is 7.08. The molecule has 136 valence electrons. The summed E-state index contributed by atoms with van der Waals surface area (Å²) in [7, 11) is 0. The van der Waals surface area contributed by atoms with Crippen LogP contribution in [0.1, 0.15) is 37.7 Å². The molecule has 3 unspecified atom stereocenters.